The highest BCUT2D eigenvalue weighted by atomic mass is 16.5. The lowest BCUT2D eigenvalue weighted by Crippen LogP contribution is -2.15. The minimum absolute atomic E-state index is 0.204. The number of fused-ring (bicyclic) bond motifs is 1. The first-order chi connectivity index (χ1) is 16.4. The molecule has 0 saturated heterocycles. The predicted octanol–water partition coefficient (Wildman–Crippen LogP) is 3.89. The minimum atomic E-state index is -0.941. The zero-order valence-corrected chi connectivity index (χ0v) is 19.6. The molecule has 34 heavy (non-hydrogen) atoms. The molecule has 0 aliphatic heterocycles. The van der Waals surface area contributed by atoms with E-state index in [4.69, 9.17) is 14.8 Å². The molecule has 0 fully saturated rings. The van der Waals surface area contributed by atoms with Gasteiger partial charge in [-0.15, -0.1) is 0 Å². The molecular weight excluding hydrogens is 432 g/mol. The fourth-order valence-electron chi connectivity index (χ4n) is 4.14. The van der Waals surface area contributed by atoms with Crippen LogP contribution in [0.2, 0.25) is 0 Å². The van der Waals surface area contributed by atoms with E-state index < -0.39 is 5.97 Å². The number of nitrogens with one attached hydrogen (secondary N) is 1. The van der Waals surface area contributed by atoms with E-state index in [2.05, 4.69) is 23.1 Å². The number of aromatic carboxylic acids is 1. The summed E-state index contributed by atoms with van der Waals surface area (Å²) in [6.45, 7) is 4.53. The summed E-state index contributed by atoms with van der Waals surface area (Å²) in [6.07, 6.45) is 2.73. The van der Waals surface area contributed by atoms with Crippen molar-refractivity contribution in [1.82, 2.24) is 19.7 Å². The summed E-state index contributed by atoms with van der Waals surface area (Å²) >= 11 is 0. The van der Waals surface area contributed by atoms with Crippen LogP contribution in [0, 0.1) is 0 Å². The monoisotopic (exact) mass is 460 g/mol. The largest absolute Gasteiger partial charge is 0.494 e. The lowest BCUT2D eigenvalue weighted by atomic mass is 10.00. The standard InChI is InChI=1S/C26H28N4O4/c1-4-6-20-23-24(30(3)29-20)25(31)28-22(27-23)15-19-14-17(9-12-21(19)34-5-2)13-16-7-10-18(11-8-16)26(32)33/h7-12,14H,4-6,13,15H2,1-3H3,(H,32,33)(H,27,28,31). The van der Waals surface area contributed by atoms with Gasteiger partial charge in [-0.1, -0.05) is 37.6 Å². The quantitative estimate of drug-likeness (QED) is 0.392. The maximum absolute atomic E-state index is 12.8. The van der Waals surface area contributed by atoms with Crippen molar-refractivity contribution in [3.05, 3.63) is 86.6 Å². The predicted molar refractivity (Wildman–Crippen MR) is 130 cm³/mol. The molecule has 0 bridgehead atoms. The normalized spacial score (nSPS) is 11.1. The molecule has 4 rings (SSSR count). The summed E-state index contributed by atoms with van der Waals surface area (Å²) in [5.41, 5.74) is 5.00. The second kappa shape index (κ2) is 9.91. The number of benzene rings is 2. The van der Waals surface area contributed by atoms with Crippen LogP contribution in [0.5, 0.6) is 5.75 Å². The third kappa shape index (κ3) is 4.85. The summed E-state index contributed by atoms with van der Waals surface area (Å²) in [5, 5.41) is 13.6. The fraction of sp³-hybridized carbons (Fsp3) is 0.308. The van der Waals surface area contributed by atoms with Gasteiger partial charge in [0.2, 0.25) is 0 Å². The lowest BCUT2D eigenvalue weighted by Gasteiger charge is -2.13. The van der Waals surface area contributed by atoms with Crippen molar-refractivity contribution in [3.8, 4) is 5.75 Å². The number of nitrogens with zero attached hydrogens (tertiary/aromatic N) is 3. The van der Waals surface area contributed by atoms with Gasteiger partial charge in [0.25, 0.3) is 5.56 Å². The van der Waals surface area contributed by atoms with Gasteiger partial charge >= 0.3 is 5.97 Å². The molecule has 2 N–H and O–H groups in total. The van der Waals surface area contributed by atoms with Gasteiger partial charge in [0.15, 0.2) is 5.52 Å². The van der Waals surface area contributed by atoms with E-state index >= 15 is 0 Å². The molecule has 176 valence electrons. The Hall–Kier alpha value is -3.94. The van der Waals surface area contributed by atoms with Gasteiger partial charge in [0.05, 0.1) is 17.9 Å². The topological polar surface area (TPSA) is 110 Å². The highest BCUT2D eigenvalue weighted by Crippen LogP contribution is 2.25. The first-order valence-electron chi connectivity index (χ1n) is 11.4. The van der Waals surface area contributed by atoms with Gasteiger partial charge < -0.3 is 14.8 Å². The van der Waals surface area contributed by atoms with Crippen LogP contribution in [0.25, 0.3) is 11.0 Å². The first-order valence-corrected chi connectivity index (χ1v) is 11.4. The fourth-order valence-corrected chi connectivity index (χ4v) is 4.14. The molecule has 0 aliphatic carbocycles. The Balaban J connectivity index is 1.67. The SMILES string of the molecule is CCCc1nn(C)c2c(=O)[nH]c(Cc3cc(Cc4ccc(C(=O)O)cc4)ccc3OCC)nc12. The number of carboxylic acids is 1. The lowest BCUT2D eigenvalue weighted by molar-refractivity contribution is 0.0697. The Bertz CT molecular complexity index is 1390. The van der Waals surface area contributed by atoms with E-state index in [0.717, 1.165) is 41.0 Å². The Labute approximate surface area is 197 Å². The van der Waals surface area contributed by atoms with Gasteiger partial charge in [-0.2, -0.15) is 5.10 Å². The van der Waals surface area contributed by atoms with E-state index in [-0.39, 0.29) is 11.1 Å². The number of ether oxygens (including phenoxy) is 1. The number of aryl methyl sites for hydroxylation is 2. The Morgan fingerprint density at radius 3 is 2.50 bits per heavy atom. The first kappa shape index (κ1) is 23.2. The van der Waals surface area contributed by atoms with Crippen molar-refractivity contribution >= 4 is 17.0 Å². The molecule has 0 aliphatic rings. The third-order valence-electron chi connectivity index (χ3n) is 5.69. The van der Waals surface area contributed by atoms with E-state index in [1.165, 1.54) is 0 Å². The molecule has 2 aromatic heterocycles. The average Bonchev–Trinajstić information content (AvgIpc) is 3.12. The van der Waals surface area contributed by atoms with E-state index in [9.17, 15) is 9.59 Å². The molecule has 0 radical (unpaired) electrons. The Kier molecular flexibility index (Phi) is 6.77. The van der Waals surface area contributed by atoms with Crippen molar-refractivity contribution in [1.29, 1.82) is 0 Å². The second-order valence-corrected chi connectivity index (χ2v) is 8.26. The number of aromatic amines is 1. The van der Waals surface area contributed by atoms with Crippen LogP contribution >= 0.6 is 0 Å². The minimum Gasteiger partial charge on any atom is -0.494 e. The van der Waals surface area contributed by atoms with Crippen molar-refractivity contribution in [3.63, 3.8) is 0 Å². The van der Waals surface area contributed by atoms with Gasteiger partial charge in [-0.3, -0.25) is 9.48 Å². The third-order valence-corrected chi connectivity index (χ3v) is 5.69. The van der Waals surface area contributed by atoms with Crippen molar-refractivity contribution in [2.24, 2.45) is 7.05 Å². The molecule has 4 aromatic rings. The van der Waals surface area contributed by atoms with Gasteiger partial charge in [-0.25, -0.2) is 9.78 Å². The van der Waals surface area contributed by atoms with Crippen LogP contribution in [0.4, 0.5) is 0 Å². The zero-order chi connectivity index (χ0) is 24.2. The second-order valence-electron chi connectivity index (χ2n) is 8.26. The maximum Gasteiger partial charge on any atom is 0.335 e. The summed E-state index contributed by atoms with van der Waals surface area (Å²) in [5.74, 6) is 0.367. The van der Waals surface area contributed by atoms with Crippen LogP contribution in [0.3, 0.4) is 0 Å². The van der Waals surface area contributed by atoms with Crippen LogP contribution in [0.1, 0.15) is 58.8 Å². The Morgan fingerprint density at radius 2 is 1.82 bits per heavy atom. The van der Waals surface area contributed by atoms with E-state index in [0.29, 0.717) is 36.3 Å². The summed E-state index contributed by atoms with van der Waals surface area (Å²) in [4.78, 5) is 31.6. The van der Waals surface area contributed by atoms with Gasteiger partial charge in [0.1, 0.15) is 17.1 Å². The number of H-pyrrole nitrogens is 1. The van der Waals surface area contributed by atoms with Gasteiger partial charge in [-0.05, 0) is 49.1 Å². The Morgan fingerprint density at radius 1 is 1.09 bits per heavy atom. The van der Waals surface area contributed by atoms with Crippen LogP contribution < -0.4 is 10.3 Å². The molecule has 0 atom stereocenters. The zero-order valence-electron chi connectivity index (χ0n) is 19.6. The number of hydrogen-bond acceptors (Lipinski definition) is 5. The smallest absolute Gasteiger partial charge is 0.335 e. The molecule has 0 unspecified atom stereocenters. The van der Waals surface area contributed by atoms with Crippen LogP contribution in [0.15, 0.2) is 47.3 Å². The highest BCUT2D eigenvalue weighted by Gasteiger charge is 2.16. The number of aromatic nitrogens is 4. The number of carboxylic acid groups (broad SMARTS) is 1. The van der Waals surface area contributed by atoms with Crippen molar-refractivity contribution < 1.29 is 14.6 Å². The van der Waals surface area contributed by atoms with Crippen molar-refractivity contribution in [2.75, 3.05) is 6.61 Å². The summed E-state index contributed by atoms with van der Waals surface area (Å²) in [7, 11) is 1.76. The molecule has 2 heterocycles. The molecule has 2 aromatic carbocycles. The summed E-state index contributed by atoms with van der Waals surface area (Å²) < 4.78 is 7.43. The molecule has 0 amide bonds. The van der Waals surface area contributed by atoms with E-state index in [1.807, 2.05) is 31.2 Å². The summed E-state index contributed by atoms with van der Waals surface area (Å²) in [6, 6.07) is 12.9. The highest BCUT2D eigenvalue weighted by molar-refractivity contribution is 5.87. The molecular formula is C26H28N4O4. The maximum atomic E-state index is 12.8. The molecule has 0 saturated carbocycles. The van der Waals surface area contributed by atoms with Gasteiger partial charge in [0, 0.05) is 19.0 Å². The molecule has 8 nitrogen and oxygen atoms in total. The van der Waals surface area contributed by atoms with Crippen LogP contribution in [-0.4, -0.2) is 37.4 Å². The van der Waals surface area contributed by atoms with E-state index in [1.54, 1.807) is 23.9 Å². The molecule has 0 spiro atoms. The number of carbonyl (C=O) groups is 1. The van der Waals surface area contributed by atoms with Crippen LogP contribution in [-0.2, 0) is 26.3 Å². The van der Waals surface area contributed by atoms with Crippen molar-refractivity contribution in [2.45, 2.75) is 39.5 Å². The molecule has 8 heteroatoms. The average molecular weight is 461 g/mol. The number of hydrogen-bond donors (Lipinski definition) is 2. The number of rotatable bonds is 9.